The van der Waals surface area contributed by atoms with E-state index in [0.717, 1.165) is 19.3 Å². The summed E-state index contributed by atoms with van der Waals surface area (Å²) in [6, 6.07) is 7.66. The Morgan fingerprint density at radius 2 is 2.00 bits per heavy atom. The molecule has 1 fully saturated rings. The van der Waals surface area contributed by atoms with Crippen LogP contribution >= 0.6 is 11.6 Å². The molecule has 1 aliphatic carbocycles. The number of aromatic nitrogens is 3. The number of aliphatic hydroxyl groups is 1. The topological polar surface area (TPSA) is 108 Å². The smallest absolute Gasteiger partial charge is 0.251 e. The molecule has 7 nitrogen and oxygen atoms in total. The molecule has 0 atom stereocenters. The second-order valence-electron chi connectivity index (χ2n) is 9.52. The third kappa shape index (κ3) is 6.43. The van der Waals surface area contributed by atoms with Crippen molar-refractivity contribution < 1.29 is 14.3 Å². The lowest BCUT2D eigenvalue weighted by Crippen LogP contribution is -2.29. The summed E-state index contributed by atoms with van der Waals surface area (Å²) in [5.74, 6) is 4.71. The van der Waals surface area contributed by atoms with E-state index >= 15 is 4.39 Å². The third-order valence-electron chi connectivity index (χ3n) is 6.29. The zero-order valence-corrected chi connectivity index (χ0v) is 21.5. The van der Waals surface area contributed by atoms with Gasteiger partial charge in [-0.15, -0.1) is 0 Å². The van der Waals surface area contributed by atoms with Gasteiger partial charge in [0.15, 0.2) is 0 Å². The quantitative estimate of drug-likeness (QED) is 0.424. The number of aromatic amines is 1. The van der Waals surface area contributed by atoms with Crippen molar-refractivity contribution in [2.24, 2.45) is 5.92 Å². The lowest BCUT2D eigenvalue weighted by molar-refractivity contribution is -0.124. The van der Waals surface area contributed by atoms with Crippen LogP contribution in [0.25, 0.3) is 22.6 Å². The Morgan fingerprint density at radius 1 is 1.24 bits per heavy atom. The van der Waals surface area contributed by atoms with Gasteiger partial charge in [-0.2, -0.15) is 0 Å². The van der Waals surface area contributed by atoms with Crippen molar-refractivity contribution in [3.8, 4) is 34.5 Å². The molecule has 3 N–H and O–H groups in total. The zero-order valence-electron chi connectivity index (χ0n) is 20.7. The summed E-state index contributed by atoms with van der Waals surface area (Å²) in [6.07, 6.45) is 5.85. The first-order valence-electron chi connectivity index (χ1n) is 12.2. The normalized spacial score (nSPS) is 14.6. The number of nitrogens with zero attached hydrogens (tertiary/aromatic N) is 2. The number of H-pyrrole nitrogens is 1. The van der Waals surface area contributed by atoms with E-state index in [0.29, 0.717) is 24.1 Å². The van der Waals surface area contributed by atoms with Gasteiger partial charge in [0.2, 0.25) is 5.91 Å². The Morgan fingerprint density at radius 3 is 2.68 bits per heavy atom. The van der Waals surface area contributed by atoms with E-state index in [1.54, 1.807) is 26.0 Å². The Bertz CT molecular complexity index is 1420. The fourth-order valence-corrected chi connectivity index (χ4v) is 4.36. The molecule has 9 heteroatoms. The molecule has 0 aliphatic heterocycles. The predicted molar refractivity (Wildman–Crippen MR) is 140 cm³/mol. The SMILES string of the molecule is CC(C)C(=O)NCc1ccc(Cl)c(-c2nc(-c3ccc(C#CC4(O)CCCCC4)nc3)cc(=O)[nH]2)c1F. The van der Waals surface area contributed by atoms with Crippen molar-refractivity contribution in [2.75, 3.05) is 0 Å². The number of benzene rings is 1. The van der Waals surface area contributed by atoms with Gasteiger partial charge in [-0.25, -0.2) is 14.4 Å². The maximum Gasteiger partial charge on any atom is 0.251 e. The van der Waals surface area contributed by atoms with E-state index in [1.165, 1.54) is 24.4 Å². The summed E-state index contributed by atoms with van der Waals surface area (Å²) >= 11 is 6.29. The van der Waals surface area contributed by atoms with Crippen LogP contribution in [0.1, 0.15) is 57.2 Å². The highest BCUT2D eigenvalue weighted by Gasteiger charge is 2.26. The van der Waals surface area contributed by atoms with E-state index in [-0.39, 0.29) is 46.0 Å². The van der Waals surface area contributed by atoms with Gasteiger partial charge in [-0.05, 0) is 49.8 Å². The van der Waals surface area contributed by atoms with Crippen LogP contribution in [0.3, 0.4) is 0 Å². The first-order chi connectivity index (χ1) is 17.6. The van der Waals surface area contributed by atoms with E-state index in [2.05, 4.69) is 32.1 Å². The Labute approximate surface area is 219 Å². The fraction of sp³-hybridized carbons (Fsp3) is 0.357. The molecule has 2 heterocycles. The second-order valence-corrected chi connectivity index (χ2v) is 9.93. The van der Waals surface area contributed by atoms with Crippen LogP contribution in [-0.4, -0.2) is 31.6 Å². The van der Waals surface area contributed by atoms with Gasteiger partial charge in [0.1, 0.15) is 22.9 Å². The minimum absolute atomic E-state index is 0.0293. The number of nitrogens with one attached hydrogen (secondary N) is 2. The number of amides is 1. The molecule has 1 aromatic carbocycles. The van der Waals surface area contributed by atoms with Crippen LogP contribution < -0.4 is 10.9 Å². The van der Waals surface area contributed by atoms with Crippen molar-refractivity contribution in [1.29, 1.82) is 0 Å². The number of rotatable bonds is 5. The maximum atomic E-state index is 15.4. The van der Waals surface area contributed by atoms with E-state index in [4.69, 9.17) is 11.6 Å². The second kappa shape index (κ2) is 11.2. The van der Waals surface area contributed by atoms with Crippen molar-refractivity contribution in [2.45, 2.75) is 58.1 Å². The molecule has 37 heavy (non-hydrogen) atoms. The van der Waals surface area contributed by atoms with Crippen molar-refractivity contribution in [1.82, 2.24) is 20.3 Å². The molecule has 3 aromatic rings. The highest BCUT2D eigenvalue weighted by Crippen LogP contribution is 2.31. The monoisotopic (exact) mass is 522 g/mol. The number of carbonyl (C=O) groups is 1. The highest BCUT2D eigenvalue weighted by molar-refractivity contribution is 6.33. The van der Waals surface area contributed by atoms with Crippen LogP contribution in [0.2, 0.25) is 5.02 Å². The van der Waals surface area contributed by atoms with Gasteiger partial charge in [-0.1, -0.05) is 43.9 Å². The van der Waals surface area contributed by atoms with E-state index < -0.39 is 17.0 Å². The van der Waals surface area contributed by atoms with Gasteiger partial charge in [0.05, 0.1) is 16.3 Å². The summed E-state index contributed by atoms with van der Waals surface area (Å²) in [5.41, 5.74) is -0.0111. The summed E-state index contributed by atoms with van der Waals surface area (Å²) in [7, 11) is 0. The number of pyridine rings is 1. The van der Waals surface area contributed by atoms with Gasteiger partial charge >= 0.3 is 0 Å². The molecule has 2 aromatic heterocycles. The van der Waals surface area contributed by atoms with Crippen molar-refractivity contribution in [3.05, 3.63) is 69.0 Å². The number of carbonyl (C=O) groups excluding carboxylic acids is 1. The van der Waals surface area contributed by atoms with E-state index in [9.17, 15) is 14.7 Å². The predicted octanol–water partition coefficient (Wildman–Crippen LogP) is 4.61. The van der Waals surface area contributed by atoms with E-state index in [1.807, 2.05) is 0 Å². The molecular formula is C28H28ClFN4O3. The summed E-state index contributed by atoms with van der Waals surface area (Å²) in [4.78, 5) is 35.7. The van der Waals surface area contributed by atoms with Crippen LogP contribution in [-0.2, 0) is 11.3 Å². The average molecular weight is 523 g/mol. The molecule has 0 bridgehead atoms. The maximum absolute atomic E-state index is 15.4. The lowest BCUT2D eigenvalue weighted by Gasteiger charge is -2.26. The summed E-state index contributed by atoms with van der Waals surface area (Å²) in [6.45, 7) is 3.46. The molecule has 1 saturated carbocycles. The first kappa shape index (κ1) is 26.5. The van der Waals surface area contributed by atoms with Crippen LogP contribution in [0.5, 0.6) is 0 Å². The Hall–Kier alpha value is -3.54. The standard InChI is InChI=1S/C28H28ClFN4O3/c1-17(2)27(36)32-16-19-7-9-21(29)24(25(19)30)26-33-22(14-23(35)34-26)18-6-8-20(31-15-18)10-13-28(37)11-4-3-5-12-28/h6-9,14-15,17,37H,3-5,11-12,16H2,1-2H3,(H,32,36)(H,33,34,35). The largest absolute Gasteiger partial charge is 0.378 e. The number of hydrogen-bond acceptors (Lipinski definition) is 5. The molecule has 1 aliphatic rings. The van der Waals surface area contributed by atoms with Crippen LogP contribution in [0.15, 0.2) is 41.3 Å². The zero-order chi connectivity index (χ0) is 26.6. The average Bonchev–Trinajstić information content (AvgIpc) is 2.87. The molecule has 1 amide bonds. The fourth-order valence-electron chi connectivity index (χ4n) is 4.12. The number of hydrogen-bond donors (Lipinski definition) is 3. The summed E-state index contributed by atoms with van der Waals surface area (Å²) in [5, 5.41) is 13.3. The molecule has 0 saturated heterocycles. The van der Waals surface area contributed by atoms with Crippen molar-refractivity contribution in [3.63, 3.8) is 0 Å². The van der Waals surface area contributed by atoms with Gasteiger partial charge in [0.25, 0.3) is 5.56 Å². The van der Waals surface area contributed by atoms with Gasteiger partial charge in [0, 0.05) is 35.9 Å². The summed E-state index contributed by atoms with van der Waals surface area (Å²) < 4.78 is 15.4. The minimum atomic E-state index is -0.975. The van der Waals surface area contributed by atoms with Crippen LogP contribution in [0.4, 0.5) is 4.39 Å². The van der Waals surface area contributed by atoms with Gasteiger partial charge in [-0.3, -0.25) is 9.59 Å². The third-order valence-corrected chi connectivity index (χ3v) is 6.61. The molecule has 4 rings (SSSR count). The number of halogens is 2. The highest BCUT2D eigenvalue weighted by atomic mass is 35.5. The molecular weight excluding hydrogens is 495 g/mol. The van der Waals surface area contributed by atoms with Gasteiger partial charge < -0.3 is 15.4 Å². The molecule has 0 spiro atoms. The molecule has 0 radical (unpaired) electrons. The molecule has 192 valence electrons. The first-order valence-corrected chi connectivity index (χ1v) is 12.6. The minimum Gasteiger partial charge on any atom is -0.378 e. The van der Waals surface area contributed by atoms with Crippen LogP contribution in [0, 0.1) is 23.6 Å². The lowest BCUT2D eigenvalue weighted by atomic mass is 9.85. The molecule has 0 unspecified atom stereocenters. The Balaban J connectivity index is 1.62. The van der Waals surface area contributed by atoms with Crippen molar-refractivity contribution >= 4 is 17.5 Å². The Kier molecular flexibility index (Phi) is 8.06.